The lowest BCUT2D eigenvalue weighted by Crippen LogP contribution is -2.13. The topological polar surface area (TPSA) is 64.0 Å². The van der Waals surface area contributed by atoms with Gasteiger partial charge in [0, 0.05) is 18.7 Å². The summed E-state index contributed by atoms with van der Waals surface area (Å²) in [6.07, 6.45) is 1.48. The number of sulfonamides is 1. The van der Waals surface area contributed by atoms with Gasteiger partial charge in [0.25, 0.3) is 10.0 Å². The third kappa shape index (κ3) is 4.21. The van der Waals surface area contributed by atoms with Crippen molar-refractivity contribution in [3.05, 3.63) is 90.0 Å². The zero-order chi connectivity index (χ0) is 21.1. The van der Waals surface area contributed by atoms with E-state index in [0.29, 0.717) is 5.69 Å². The number of para-hydroxylation sites is 2. The minimum atomic E-state index is -3.78. The number of aryl methyl sites for hydroxylation is 3. The maximum atomic E-state index is 13.1. The molecule has 1 N–H and O–H groups in total. The van der Waals surface area contributed by atoms with Crippen LogP contribution in [0.3, 0.4) is 0 Å². The molecule has 3 aromatic carbocycles. The van der Waals surface area contributed by atoms with Gasteiger partial charge in [-0.25, -0.2) is 17.8 Å². The lowest BCUT2D eigenvalue weighted by Gasteiger charge is -2.10. The fraction of sp³-hybridized carbons (Fsp3) is 0.174. The molecule has 0 fully saturated rings. The molecule has 4 aromatic rings. The van der Waals surface area contributed by atoms with Crippen LogP contribution in [0.2, 0.25) is 0 Å². The number of nitrogens with one attached hydrogen (secondary N) is 1. The minimum Gasteiger partial charge on any atom is -0.328 e. The van der Waals surface area contributed by atoms with E-state index in [0.717, 1.165) is 53.9 Å². The lowest BCUT2D eigenvalue weighted by atomic mass is 10.1. The summed E-state index contributed by atoms with van der Waals surface area (Å²) >= 11 is 0. The van der Waals surface area contributed by atoms with E-state index in [9.17, 15) is 12.8 Å². The van der Waals surface area contributed by atoms with Crippen molar-refractivity contribution in [3.8, 4) is 0 Å². The van der Waals surface area contributed by atoms with Crippen molar-refractivity contribution in [2.45, 2.75) is 31.2 Å². The van der Waals surface area contributed by atoms with Crippen LogP contribution in [-0.2, 0) is 29.4 Å². The van der Waals surface area contributed by atoms with Gasteiger partial charge in [-0.15, -0.1) is 0 Å². The van der Waals surface area contributed by atoms with E-state index in [4.69, 9.17) is 4.98 Å². The van der Waals surface area contributed by atoms with Crippen LogP contribution >= 0.6 is 0 Å². The number of hydrogen-bond donors (Lipinski definition) is 1. The predicted molar refractivity (Wildman–Crippen MR) is 116 cm³/mol. The van der Waals surface area contributed by atoms with E-state index >= 15 is 0 Å². The third-order valence-corrected chi connectivity index (χ3v) is 6.39. The zero-order valence-electron chi connectivity index (χ0n) is 16.5. The van der Waals surface area contributed by atoms with Gasteiger partial charge in [-0.3, -0.25) is 4.72 Å². The molecule has 5 nitrogen and oxygen atoms in total. The maximum Gasteiger partial charge on any atom is 0.261 e. The van der Waals surface area contributed by atoms with Crippen molar-refractivity contribution in [2.24, 2.45) is 0 Å². The minimum absolute atomic E-state index is 0.0194. The van der Waals surface area contributed by atoms with Gasteiger partial charge < -0.3 is 4.57 Å². The number of imidazole rings is 1. The van der Waals surface area contributed by atoms with Crippen LogP contribution < -0.4 is 4.72 Å². The summed E-state index contributed by atoms with van der Waals surface area (Å²) in [5.74, 6) is 0.532. The van der Waals surface area contributed by atoms with Crippen LogP contribution in [0.5, 0.6) is 0 Å². The second-order valence-corrected chi connectivity index (χ2v) is 8.70. The summed E-state index contributed by atoms with van der Waals surface area (Å²) < 4.78 is 42.9. The van der Waals surface area contributed by atoms with Gasteiger partial charge in [0.15, 0.2) is 0 Å². The number of nitrogens with zero attached hydrogens (tertiary/aromatic N) is 2. The third-order valence-electron chi connectivity index (χ3n) is 4.99. The van der Waals surface area contributed by atoms with E-state index in [2.05, 4.69) is 22.3 Å². The Kier molecular flexibility index (Phi) is 5.55. The van der Waals surface area contributed by atoms with Gasteiger partial charge in [0.05, 0.1) is 15.9 Å². The summed E-state index contributed by atoms with van der Waals surface area (Å²) in [6, 6.07) is 20.1. The van der Waals surface area contributed by atoms with Gasteiger partial charge in [0.1, 0.15) is 11.6 Å². The normalized spacial score (nSPS) is 11.7. The van der Waals surface area contributed by atoms with Crippen molar-refractivity contribution >= 4 is 26.7 Å². The summed E-state index contributed by atoms with van der Waals surface area (Å²) in [6.45, 7) is 2.94. The molecule has 0 aliphatic rings. The van der Waals surface area contributed by atoms with Crippen LogP contribution in [0.1, 0.15) is 18.3 Å². The van der Waals surface area contributed by atoms with Crippen LogP contribution in [-0.4, -0.2) is 18.0 Å². The molecule has 0 aliphatic heterocycles. The van der Waals surface area contributed by atoms with Gasteiger partial charge in [-0.05, 0) is 67.4 Å². The van der Waals surface area contributed by atoms with Gasteiger partial charge in [-0.2, -0.15) is 0 Å². The Bertz CT molecular complexity index is 1280. The highest BCUT2D eigenvalue weighted by Gasteiger charge is 2.15. The molecule has 1 aromatic heterocycles. The summed E-state index contributed by atoms with van der Waals surface area (Å²) in [4.78, 5) is 4.77. The fourth-order valence-corrected chi connectivity index (χ4v) is 4.59. The Hall–Kier alpha value is -3.19. The quantitative estimate of drug-likeness (QED) is 0.465. The highest BCUT2D eigenvalue weighted by molar-refractivity contribution is 7.92. The second-order valence-electron chi connectivity index (χ2n) is 7.02. The molecule has 154 valence electrons. The maximum absolute atomic E-state index is 13.1. The Balaban J connectivity index is 1.51. The second kappa shape index (κ2) is 8.28. The van der Waals surface area contributed by atoms with E-state index in [-0.39, 0.29) is 4.90 Å². The number of rotatable bonds is 7. The molecule has 0 unspecified atom stereocenters. The average Bonchev–Trinajstić information content (AvgIpc) is 3.10. The first-order chi connectivity index (χ1) is 14.5. The molecular formula is C23H22FN3O2S. The van der Waals surface area contributed by atoms with Gasteiger partial charge >= 0.3 is 0 Å². The predicted octanol–water partition coefficient (Wildman–Crippen LogP) is 4.78. The summed E-state index contributed by atoms with van der Waals surface area (Å²) in [7, 11) is -3.78. The number of hydrogen-bond acceptors (Lipinski definition) is 3. The van der Waals surface area contributed by atoms with Crippen LogP contribution in [0.15, 0.2) is 77.7 Å². The highest BCUT2D eigenvalue weighted by Crippen LogP contribution is 2.20. The van der Waals surface area contributed by atoms with Crippen LogP contribution in [0.25, 0.3) is 11.0 Å². The number of anilines is 1. The molecule has 4 rings (SSSR count). The molecule has 0 bridgehead atoms. The Morgan fingerprint density at radius 1 is 0.967 bits per heavy atom. The largest absolute Gasteiger partial charge is 0.328 e. The van der Waals surface area contributed by atoms with Crippen LogP contribution in [0.4, 0.5) is 10.1 Å². The molecule has 0 amide bonds. The van der Waals surface area contributed by atoms with Gasteiger partial charge in [-0.1, -0.05) is 24.3 Å². The highest BCUT2D eigenvalue weighted by atomic mass is 32.2. The van der Waals surface area contributed by atoms with E-state index in [1.165, 1.54) is 12.1 Å². The van der Waals surface area contributed by atoms with Crippen molar-refractivity contribution in [1.82, 2.24) is 9.55 Å². The zero-order valence-corrected chi connectivity index (χ0v) is 17.4. The first kappa shape index (κ1) is 20.1. The monoisotopic (exact) mass is 423 g/mol. The molecule has 30 heavy (non-hydrogen) atoms. The number of fused-ring (bicyclic) bond motifs is 1. The van der Waals surface area contributed by atoms with Crippen molar-refractivity contribution in [3.63, 3.8) is 0 Å². The molecule has 0 aliphatic carbocycles. The fourth-order valence-electron chi connectivity index (χ4n) is 3.54. The molecule has 0 saturated heterocycles. The summed E-state index contributed by atoms with van der Waals surface area (Å²) in [5, 5.41) is 0. The summed E-state index contributed by atoms with van der Waals surface area (Å²) in [5.41, 5.74) is 3.58. The van der Waals surface area contributed by atoms with E-state index < -0.39 is 15.8 Å². The van der Waals surface area contributed by atoms with E-state index in [1.54, 1.807) is 6.07 Å². The van der Waals surface area contributed by atoms with Gasteiger partial charge in [0.2, 0.25) is 0 Å². The Labute approximate surface area is 175 Å². The molecule has 1 heterocycles. The SMILES string of the molecule is CCn1c(CCc2cccc(NS(=O)(=O)c3ccc(F)cc3)c2)nc2ccccc21. The number of benzene rings is 3. The molecule has 0 radical (unpaired) electrons. The standard InChI is InChI=1S/C23H22FN3O2S/c1-2-27-22-9-4-3-8-21(22)25-23(27)15-10-17-6-5-7-19(16-17)26-30(28,29)20-13-11-18(24)12-14-20/h3-9,11-14,16,26H,2,10,15H2,1H3. The van der Waals surface area contributed by atoms with Crippen LogP contribution in [0, 0.1) is 5.82 Å². The lowest BCUT2D eigenvalue weighted by molar-refractivity contribution is 0.599. The first-order valence-electron chi connectivity index (χ1n) is 9.78. The Morgan fingerprint density at radius 3 is 2.50 bits per heavy atom. The average molecular weight is 424 g/mol. The van der Waals surface area contributed by atoms with E-state index in [1.807, 2.05) is 36.4 Å². The van der Waals surface area contributed by atoms with Crippen molar-refractivity contribution < 1.29 is 12.8 Å². The molecule has 0 saturated carbocycles. The smallest absolute Gasteiger partial charge is 0.261 e. The number of halogens is 1. The van der Waals surface area contributed by atoms with Crippen molar-refractivity contribution in [1.29, 1.82) is 0 Å². The first-order valence-corrected chi connectivity index (χ1v) is 11.3. The molecule has 7 heteroatoms. The Morgan fingerprint density at radius 2 is 1.73 bits per heavy atom. The molecular weight excluding hydrogens is 401 g/mol. The molecule has 0 atom stereocenters. The molecule has 0 spiro atoms. The number of aromatic nitrogens is 2. The van der Waals surface area contributed by atoms with Crippen molar-refractivity contribution in [2.75, 3.05) is 4.72 Å².